The van der Waals surface area contributed by atoms with Crippen LogP contribution < -0.4 is 20.7 Å². The average molecular weight is 646 g/mol. The van der Waals surface area contributed by atoms with Gasteiger partial charge in [-0.05, 0) is 84.3 Å². The van der Waals surface area contributed by atoms with Crippen molar-refractivity contribution < 1.29 is 23.5 Å². The minimum atomic E-state index is -0.534. The van der Waals surface area contributed by atoms with Crippen LogP contribution in [0.2, 0.25) is 0 Å². The highest BCUT2D eigenvalue weighted by Crippen LogP contribution is 2.31. The largest absolute Gasteiger partial charge is 0.496 e. The number of carbonyl (C=O) groups excluding carboxylic acids is 3. The third-order valence-electron chi connectivity index (χ3n) is 7.16. The summed E-state index contributed by atoms with van der Waals surface area (Å²) in [5, 5.41) is 8.48. The number of methoxy groups -OCH3 is 1. The van der Waals surface area contributed by atoms with Gasteiger partial charge in [-0.25, -0.2) is 0 Å². The maximum atomic E-state index is 13.5. The maximum absolute atomic E-state index is 13.5. The molecule has 0 aliphatic rings. The van der Waals surface area contributed by atoms with E-state index in [9.17, 15) is 14.4 Å². The summed E-state index contributed by atoms with van der Waals surface area (Å²) in [5.74, 6) is 1.13. The summed E-state index contributed by atoms with van der Waals surface area (Å²) >= 11 is 1.39. The first-order valence-electron chi connectivity index (χ1n) is 15.0. The highest BCUT2D eigenvalue weighted by Gasteiger charge is 2.17. The molecule has 0 unspecified atom stereocenters. The molecule has 0 aliphatic heterocycles. The number of furan rings is 1. The molecule has 9 heteroatoms. The standard InChI is InChI=1S/C38H35N3O5S/c1-25(2)26-13-15-28(16-14-26)39-36(42)24-47-31-20-17-29(18-21-31)40-38(44)33(41-37(43)27-9-5-4-6-10-27)23-30-19-22-35(46-30)32-11-7-8-12-34(32)45-3/h4-23,25H,24H2,1-3H3,(H,39,42)(H,40,44)(H,41,43). The van der Waals surface area contributed by atoms with Gasteiger partial charge in [0.25, 0.3) is 11.8 Å². The summed E-state index contributed by atoms with van der Waals surface area (Å²) in [6.45, 7) is 4.25. The molecule has 4 aromatic carbocycles. The summed E-state index contributed by atoms with van der Waals surface area (Å²) in [6, 6.07) is 34.5. The second-order valence-electron chi connectivity index (χ2n) is 10.9. The first kappa shape index (κ1) is 32.8. The molecule has 0 saturated carbocycles. The first-order chi connectivity index (χ1) is 22.8. The van der Waals surface area contributed by atoms with Gasteiger partial charge in [0, 0.05) is 27.9 Å². The molecule has 1 aromatic heterocycles. The quantitative estimate of drug-likeness (QED) is 0.0932. The molecule has 5 rings (SSSR count). The zero-order chi connectivity index (χ0) is 33.2. The van der Waals surface area contributed by atoms with E-state index in [1.165, 1.54) is 23.4 Å². The number of anilines is 2. The van der Waals surface area contributed by atoms with Gasteiger partial charge in [-0.3, -0.25) is 14.4 Å². The molecule has 0 saturated heterocycles. The van der Waals surface area contributed by atoms with Gasteiger partial charge < -0.3 is 25.1 Å². The lowest BCUT2D eigenvalue weighted by atomic mass is 10.0. The lowest BCUT2D eigenvalue weighted by molar-refractivity contribution is -0.114. The summed E-state index contributed by atoms with van der Waals surface area (Å²) in [4.78, 5) is 39.9. The van der Waals surface area contributed by atoms with Gasteiger partial charge in [0.05, 0.1) is 18.4 Å². The molecule has 0 aliphatic carbocycles. The van der Waals surface area contributed by atoms with Crippen molar-refractivity contribution in [3.63, 3.8) is 0 Å². The molecule has 3 amide bonds. The van der Waals surface area contributed by atoms with Gasteiger partial charge in [0.2, 0.25) is 5.91 Å². The minimum absolute atomic E-state index is 0.00340. The predicted octanol–water partition coefficient (Wildman–Crippen LogP) is 8.22. The molecule has 0 fully saturated rings. The summed E-state index contributed by atoms with van der Waals surface area (Å²) in [7, 11) is 1.58. The smallest absolute Gasteiger partial charge is 0.272 e. The Balaban J connectivity index is 1.26. The molecule has 3 N–H and O–H groups in total. The molecule has 47 heavy (non-hydrogen) atoms. The third-order valence-corrected chi connectivity index (χ3v) is 8.17. The normalized spacial score (nSPS) is 11.2. The highest BCUT2D eigenvalue weighted by molar-refractivity contribution is 8.00. The van der Waals surface area contributed by atoms with Crippen LogP contribution in [0, 0.1) is 0 Å². The van der Waals surface area contributed by atoms with Crippen LogP contribution in [-0.4, -0.2) is 30.6 Å². The molecule has 1 heterocycles. The van der Waals surface area contributed by atoms with Crippen LogP contribution in [-0.2, 0) is 9.59 Å². The van der Waals surface area contributed by atoms with Crippen LogP contribution in [0.1, 0.15) is 41.4 Å². The fourth-order valence-electron chi connectivity index (χ4n) is 4.64. The second-order valence-corrected chi connectivity index (χ2v) is 11.9. The molecular formula is C38H35N3O5S. The van der Waals surface area contributed by atoms with E-state index < -0.39 is 11.8 Å². The SMILES string of the molecule is COc1ccccc1-c1ccc(C=C(NC(=O)c2ccccc2)C(=O)Nc2ccc(SCC(=O)Nc3ccc(C(C)C)cc3)cc2)o1. The monoisotopic (exact) mass is 645 g/mol. The molecular weight excluding hydrogens is 611 g/mol. The minimum Gasteiger partial charge on any atom is -0.496 e. The van der Waals surface area contributed by atoms with Crippen molar-refractivity contribution in [2.24, 2.45) is 0 Å². The van der Waals surface area contributed by atoms with E-state index in [0.717, 1.165) is 16.1 Å². The fourth-order valence-corrected chi connectivity index (χ4v) is 5.34. The Labute approximate surface area is 278 Å². The Hall–Kier alpha value is -5.54. The lowest BCUT2D eigenvalue weighted by Gasteiger charge is -2.11. The lowest BCUT2D eigenvalue weighted by Crippen LogP contribution is -2.30. The van der Waals surface area contributed by atoms with Crippen molar-refractivity contribution in [1.82, 2.24) is 5.32 Å². The fraction of sp³-hybridized carbons (Fsp3) is 0.132. The van der Waals surface area contributed by atoms with Crippen molar-refractivity contribution >= 4 is 46.9 Å². The van der Waals surface area contributed by atoms with Crippen LogP contribution in [0.5, 0.6) is 5.75 Å². The van der Waals surface area contributed by atoms with Gasteiger partial charge in [-0.15, -0.1) is 11.8 Å². The molecule has 0 bridgehead atoms. The number of hydrogen-bond donors (Lipinski definition) is 3. The van der Waals surface area contributed by atoms with Crippen LogP contribution in [0.4, 0.5) is 11.4 Å². The van der Waals surface area contributed by atoms with Gasteiger partial charge in [0.15, 0.2) is 0 Å². The van der Waals surface area contributed by atoms with Gasteiger partial charge in [-0.2, -0.15) is 0 Å². The molecule has 0 spiro atoms. The Morgan fingerprint density at radius 3 is 2.15 bits per heavy atom. The number of para-hydroxylation sites is 1. The van der Waals surface area contributed by atoms with Crippen molar-refractivity contribution in [3.8, 4) is 17.1 Å². The van der Waals surface area contributed by atoms with Crippen LogP contribution >= 0.6 is 11.8 Å². The first-order valence-corrected chi connectivity index (χ1v) is 16.0. The van der Waals surface area contributed by atoms with Crippen molar-refractivity contribution in [1.29, 1.82) is 0 Å². The van der Waals surface area contributed by atoms with E-state index in [0.29, 0.717) is 34.4 Å². The molecule has 0 atom stereocenters. The van der Waals surface area contributed by atoms with Crippen molar-refractivity contribution in [3.05, 3.63) is 138 Å². The van der Waals surface area contributed by atoms with Crippen molar-refractivity contribution in [2.75, 3.05) is 23.5 Å². The van der Waals surface area contributed by atoms with E-state index >= 15 is 0 Å². The van der Waals surface area contributed by atoms with Gasteiger partial charge in [0.1, 0.15) is 23.0 Å². The third kappa shape index (κ3) is 9.02. The number of nitrogens with one attached hydrogen (secondary N) is 3. The van der Waals surface area contributed by atoms with E-state index in [2.05, 4.69) is 29.8 Å². The van der Waals surface area contributed by atoms with E-state index in [-0.39, 0.29) is 17.4 Å². The molecule has 8 nitrogen and oxygen atoms in total. The Morgan fingerprint density at radius 1 is 0.787 bits per heavy atom. The Bertz CT molecular complexity index is 1860. The number of ether oxygens (including phenoxy) is 1. The number of carbonyl (C=O) groups is 3. The van der Waals surface area contributed by atoms with E-state index in [4.69, 9.17) is 9.15 Å². The van der Waals surface area contributed by atoms with Crippen LogP contribution in [0.25, 0.3) is 17.4 Å². The van der Waals surface area contributed by atoms with E-state index in [1.54, 1.807) is 55.6 Å². The van der Waals surface area contributed by atoms with Gasteiger partial charge in [-0.1, -0.05) is 56.3 Å². The molecule has 0 radical (unpaired) electrons. The summed E-state index contributed by atoms with van der Waals surface area (Å²) in [6.07, 6.45) is 1.48. The van der Waals surface area contributed by atoms with E-state index in [1.807, 2.05) is 66.7 Å². The zero-order valence-corrected chi connectivity index (χ0v) is 27.1. The van der Waals surface area contributed by atoms with Gasteiger partial charge >= 0.3 is 0 Å². The van der Waals surface area contributed by atoms with Crippen LogP contribution in [0.3, 0.4) is 0 Å². The number of rotatable bonds is 12. The van der Waals surface area contributed by atoms with Crippen LogP contribution in [0.15, 0.2) is 130 Å². The second kappa shape index (κ2) is 15.6. The number of benzene rings is 4. The summed E-state index contributed by atoms with van der Waals surface area (Å²) in [5.41, 5.74) is 3.64. The Morgan fingerprint density at radius 2 is 1.45 bits per heavy atom. The van der Waals surface area contributed by atoms with Crippen molar-refractivity contribution in [2.45, 2.75) is 24.7 Å². The number of thioether (sulfide) groups is 1. The number of amides is 3. The Kier molecular flexibility index (Phi) is 10.9. The number of hydrogen-bond acceptors (Lipinski definition) is 6. The zero-order valence-electron chi connectivity index (χ0n) is 26.3. The summed E-state index contributed by atoms with van der Waals surface area (Å²) < 4.78 is 11.5. The molecule has 238 valence electrons. The maximum Gasteiger partial charge on any atom is 0.272 e. The molecule has 5 aromatic rings. The average Bonchev–Trinajstić information content (AvgIpc) is 3.56. The predicted molar refractivity (Wildman–Crippen MR) is 188 cm³/mol. The highest BCUT2D eigenvalue weighted by atomic mass is 32.2. The topological polar surface area (TPSA) is 110 Å².